The molecule has 2 aliphatic rings. The van der Waals surface area contributed by atoms with E-state index in [2.05, 4.69) is 5.10 Å². The van der Waals surface area contributed by atoms with E-state index in [0.717, 1.165) is 42.9 Å². The first kappa shape index (κ1) is 16.9. The van der Waals surface area contributed by atoms with Gasteiger partial charge >= 0.3 is 5.69 Å². The molecule has 1 saturated heterocycles. The number of ether oxygens (including phenoxy) is 1. The highest BCUT2D eigenvalue weighted by atomic mass is 16.5. The Bertz CT molecular complexity index is 899. The summed E-state index contributed by atoms with van der Waals surface area (Å²) in [6, 6.07) is 5.79. The predicted octanol–water partition coefficient (Wildman–Crippen LogP) is 1.56. The van der Waals surface area contributed by atoms with Gasteiger partial charge in [0.05, 0.1) is 12.2 Å². The van der Waals surface area contributed by atoms with E-state index in [4.69, 9.17) is 4.74 Å². The van der Waals surface area contributed by atoms with E-state index < -0.39 is 0 Å². The second-order valence-corrected chi connectivity index (χ2v) is 6.99. The molecule has 0 N–H and O–H groups in total. The van der Waals surface area contributed by atoms with Crippen LogP contribution in [-0.2, 0) is 20.0 Å². The fourth-order valence-electron chi connectivity index (χ4n) is 4.05. The normalized spacial score (nSPS) is 19.3. The van der Waals surface area contributed by atoms with Crippen LogP contribution in [0.4, 0.5) is 0 Å². The first-order chi connectivity index (χ1) is 12.6. The lowest BCUT2D eigenvalue weighted by atomic mass is 9.96. The number of amides is 1. The molecule has 7 heteroatoms. The highest BCUT2D eigenvalue weighted by molar-refractivity contribution is 5.97. The van der Waals surface area contributed by atoms with Gasteiger partial charge in [-0.25, -0.2) is 9.48 Å². The summed E-state index contributed by atoms with van der Waals surface area (Å²) in [7, 11) is 1.67. The van der Waals surface area contributed by atoms with Crippen LogP contribution in [0, 0.1) is 0 Å². The Morgan fingerprint density at radius 1 is 1.38 bits per heavy atom. The van der Waals surface area contributed by atoms with Gasteiger partial charge in [-0.2, -0.15) is 5.10 Å². The molecule has 1 aromatic carbocycles. The van der Waals surface area contributed by atoms with Gasteiger partial charge in [0, 0.05) is 39.0 Å². The molecule has 4 rings (SSSR count). The summed E-state index contributed by atoms with van der Waals surface area (Å²) in [5, 5.41) is 4.43. The Kier molecular flexibility index (Phi) is 4.30. The SMILES string of the molecule is CCn1c(C2CCCN(C(=O)c3cccc4c3OCC4)C2)nn(C)c1=O. The van der Waals surface area contributed by atoms with Crippen molar-refractivity contribution < 1.29 is 9.53 Å². The minimum absolute atomic E-state index is 0.00905. The predicted molar refractivity (Wildman–Crippen MR) is 96.7 cm³/mol. The molecule has 1 amide bonds. The van der Waals surface area contributed by atoms with Gasteiger partial charge in [0.2, 0.25) is 0 Å². The molecule has 2 aromatic rings. The molecular formula is C19H24N4O3. The number of para-hydroxylation sites is 1. The number of likely N-dealkylation sites (tertiary alicyclic amines) is 1. The fourth-order valence-corrected chi connectivity index (χ4v) is 4.05. The number of aryl methyl sites for hydroxylation is 1. The molecule has 1 unspecified atom stereocenters. The Morgan fingerprint density at radius 2 is 2.23 bits per heavy atom. The van der Waals surface area contributed by atoms with Crippen molar-refractivity contribution in [2.45, 2.75) is 38.6 Å². The van der Waals surface area contributed by atoms with E-state index in [-0.39, 0.29) is 17.5 Å². The zero-order chi connectivity index (χ0) is 18.3. The van der Waals surface area contributed by atoms with Crippen LogP contribution in [0.3, 0.4) is 0 Å². The number of piperidine rings is 1. The molecule has 1 aromatic heterocycles. The van der Waals surface area contributed by atoms with E-state index in [1.807, 2.05) is 30.0 Å². The molecule has 0 radical (unpaired) electrons. The number of hydrogen-bond acceptors (Lipinski definition) is 4. The van der Waals surface area contributed by atoms with Crippen LogP contribution < -0.4 is 10.4 Å². The third-order valence-corrected chi connectivity index (χ3v) is 5.37. The van der Waals surface area contributed by atoms with Crippen LogP contribution in [0.15, 0.2) is 23.0 Å². The number of carbonyl (C=O) groups is 1. The van der Waals surface area contributed by atoms with E-state index in [9.17, 15) is 9.59 Å². The summed E-state index contributed by atoms with van der Waals surface area (Å²) in [6.07, 6.45) is 2.69. The zero-order valence-corrected chi connectivity index (χ0v) is 15.3. The molecule has 1 atom stereocenters. The maximum atomic E-state index is 13.1. The maximum absolute atomic E-state index is 13.1. The molecule has 138 valence electrons. The molecule has 0 bridgehead atoms. The van der Waals surface area contributed by atoms with Crippen molar-refractivity contribution in [3.8, 4) is 5.75 Å². The van der Waals surface area contributed by atoms with Crippen molar-refractivity contribution in [3.05, 3.63) is 45.6 Å². The lowest BCUT2D eigenvalue weighted by Crippen LogP contribution is -2.40. The summed E-state index contributed by atoms with van der Waals surface area (Å²) in [5.41, 5.74) is 1.66. The molecule has 1 fully saturated rings. The van der Waals surface area contributed by atoms with Crippen LogP contribution in [-0.4, -0.2) is 44.9 Å². The first-order valence-corrected chi connectivity index (χ1v) is 9.27. The molecule has 0 spiro atoms. The summed E-state index contributed by atoms with van der Waals surface area (Å²) in [4.78, 5) is 27.2. The van der Waals surface area contributed by atoms with Gasteiger partial charge in [0.1, 0.15) is 11.6 Å². The number of aromatic nitrogens is 3. The highest BCUT2D eigenvalue weighted by Crippen LogP contribution is 2.32. The van der Waals surface area contributed by atoms with E-state index in [0.29, 0.717) is 25.3 Å². The van der Waals surface area contributed by atoms with Crippen molar-refractivity contribution in [1.29, 1.82) is 0 Å². The third kappa shape index (κ3) is 2.71. The van der Waals surface area contributed by atoms with Gasteiger partial charge in [0.15, 0.2) is 0 Å². The Labute approximate surface area is 152 Å². The lowest BCUT2D eigenvalue weighted by molar-refractivity contribution is 0.0699. The number of hydrogen-bond donors (Lipinski definition) is 0. The minimum atomic E-state index is -0.0970. The zero-order valence-electron chi connectivity index (χ0n) is 15.3. The van der Waals surface area contributed by atoms with Crippen LogP contribution >= 0.6 is 0 Å². The maximum Gasteiger partial charge on any atom is 0.345 e. The van der Waals surface area contributed by atoms with Crippen molar-refractivity contribution >= 4 is 5.91 Å². The van der Waals surface area contributed by atoms with Gasteiger partial charge in [-0.15, -0.1) is 0 Å². The van der Waals surface area contributed by atoms with Gasteiger partial charge in [0.25, 0.3) is 5.91 Å². The van der Waals surface area contributed by atoms with E-state index >= 15 is 0 Å². The second-order valence-electron chi connectivity index (χ2n) is 6.99. The van der Waals surface area contributed by atoms with Crippen molar-refractivity contribution in [2.75, 3.05) is 19.7 Å². The summed E-state index contributed by atoms with van der Waals surface area (Å²) in [6.45, 7) is 4.48. The summed E-state index contributed by atoms with van der Waals surface area (Å²) >= 11 is 0. The van der Waals surface area contributed by atoms with Crippen LogP contribution in [0.2, 0.25) is 0 Å². The van der Waals surface area contributed by atoms with Crippen molar-refractivity contribution in [1.82, 2.24) is 19.2 Å². The molecule has 2 aliphatic heterocycles. The molecule has 0 saturated carbocycles. The average Bonchev–Trinajstić information content (AvgIpc) is 3.26. The van der Waals surface area contributed by atoms with Crippen molar-refractivity contribution in [2.24, 2.45) is 7.05 Å². The molecular weight excluding hydrogens is 332 g/mol. The van der Waals surface area contributed by atoms with E-state index in [1.54, 1.807) is 11.6 Å². The van der Waals surface area contributed by atoms with Gasteiger partial charge in [-0.05, 0) is 31.4 Å². The fraction of sp³-hybridized carbons (Fsp3) is 0.526. The van der Waals surface area contributed by atoms with E-state index in [1.165, 1.54) is 4.68 Å². The Morgan fingerprint density at radius 3 is 3.04 bits per heavy atom. The standard InChI is InChI=1S/C19H24N4O3/c1-3-23-17(20-21(2)19(23)25)14-7-5-10-22(12-14)18(24)15-8-4-6-13-9-11-26-16(13)15/h4,6,8,14H,3,5,7,9-12H2,1-2H3. The third-order valence-electron chi connectivity index (χ3n) is 5.37. The van der Waals surface area contributed by atoms with Gasteiger partial charge in [-0.3, -0.25) is 9.36 Å². The number of carbonyl (C=O) groups excluding carboxylic acids is 1. The smallest absolute Gasteiger partial charge is 0.345 e. The van der Waals surface area contributed by atoms with Crippen LogP contribution in [0.1, 0.15) is 47.4 Å². The highest BCUT2D eigenvalue weighted by Gasteiger charge is 2.31. The van der Waals surface area contributed by atoms with Gasteiger partial charge in [-0.1, -0.05) is 12.1 Å². The number of fused-ring (bicyclic) bond motifs is 1. The largest absolute Gasteiger partial charge is 0.492 e. The molecule has 3 heterocycles. The summed E-state index contributed by atoms with van der Waals surface area (Å²) < 4.78 is 8.80. The molecule has 0 aliphatic carbocycles. The molecule has 26 heavy (non-hydrogen) atoms. The van der Waals surface area contributed by atoms with Crippen molar-refractivity contribution in [3.63, 3.8) is 0 Å². The van der Waals surface area contributed by atoms with Gasteiger partial charge < -0.3 is 9.64 Å². The van der Waals surface area contributed by atoms with Crippen LogP contribution in [0.5, 0.6) is 5.75 Å². The van der Waals surface area contributed by atoms with Crippen LogP contribution in [0.25, 0.3) is 0 Å². The number of nitrogens with zero attached hydrogens (tertiary/aromatic N) is 4. The number of benzene rings is 1. The Balaban J connectivity index is 1.60. The quantitative estimate of drug-likeness (QED) is 0.837. The molecule has 7 nitrogen and oxygen atoms in total. The monoisotopic (exact) mass is 356 g/mol. The summed E-state index contributed by atoms with van der Waals surface area (Å²) in [5.74, 6) is 1.61. The first-order valence-electron chi connectivity index (χ1n) is 9.27. The lowest BCUT2D eigenvalue weighted by Gasteiger charge is -2.32. The number of rotatable bonds is 3. The Hall–Kier alpha value is -2.57. The average molecular weight is 356 g/mol. The second kappa shape index (κ2) is 6.63. The minimum Gasteiger partial charge on any atom is -0.492 e. The topological polar surface area (TPSA) is 69.4 Å².